The SMILES string of the molecule is CC(C)CC(C)N(C)CC=CCS. The molecule has 0 aliphatic rings. The fourth-order valence-corrected chi connectivity index (χ4v) is 1.51. The summed E-state index contributed by atoms with van der Waals surface area (Å²) in [5.41, 5.74) is 0. The molecule has 0 amide bonds. The molecule has 1 atom stereocenters. The van der Waals surface area contributed by atoms with Crippen molar-refractivity contribution >= 4 is 12.6 Å². The van der Waals surface area contributed by atoms with Crippen LogP contribution in [0.5, 0.6) is 0 Å². The topological polar surface area (TPSA) is 3.24 Å². The van der Waals surface area contributed by atoms with E-state index < -0.39 is 0 Å². The fraction of sp³-hybridized carbons (Fsp3) is 0.818. The van der Waals surface area contributed by atoms with E-state index in [9.17, 15) is 0 Å². The maximum atomic E-state index is 4.13. The van der Waals surface area contributed by atoms with E-state index in [-0.39, 0.29) is 0 Å². The van der Waals surface area contributed by atoms with Gasteiger partial charge >= 0.3 is 0 Å². The zero-order valence-corrected chi connectivity index (χ0v) is 10.2. The highest BCUT2D eigenvalue weighted by molar-refractivity contribution is 7.80. The van der Waals surface area contributed by atoms with E-state index in [0.717, 1.165) is 18.2 Å². The maximum absolute atomic E-state index is 4.13. The summed E-state index contributed by atoms with van der Waals surface area (Å²) in [5.74, 6) is 1.62. The van der Waals surface area contributed by atoms with E-state index in [4.69, 9.17) is 0 Å². The molecule has 1 unspecified atom stereocenters. The van der Waals surface area contributed by atoms with Crippen molar-refractivity contribution in [2.24, 2.45) is 5.92 Å². The molecule has 13 heavy (non-hydrogen) atoms. The van der Waals surface area contributed by atoms with Crippen LogP contribution >= 0.6 is 12.6 Å². The quantitative estimate of drug-likeness (QED) is 0.511. The molecule has 0 N–H and O–H groups in total. The van der Waals surface area contributed by atoms with Crippen molar-refractivity contribution in [1.82, 2.24) is 4.90 Å². The van der Waals surface area contributed by atoms with E-state index in [1.54, 1.807) is 0 Å². The Balaban J connectivity index is 3.68. The van der Waals surface area contributed by atoms with Crippen LogP contribution in [0.1, 0.15) is 27.2 Å². The molecule has 0 saturated carbocycles. The Hall–Kier alpha value is 0.0500. The van der Waals surface area contributed by atoms with E-state index in [1.807, 2.05) is 0 Å². The van der Waals surface area contributed by atoms with Gasteiger partial charge in [0.05, 0.1) is 0 Å². The van der Waals surface area contributed by atoms with Gasteiger partial charge in [-0.3, -0.25) is 0 Å². The number of hydrogen-bond acceptors (Lipinski definition) is 2. The Labute approximate surface area is 88.6 Å². The molecule has 0 spiro atoms. The van der Waals surface area contributed by atoms with Crippen LogP contribution in [0, 0.1) is 5.92 Å². The average molecular weight is 201 g/mol. The molecular weight excluding hydrogens is 178 g/mol. The zero-order chi connectivity index (χ0) is 10.3. The first-order chi connectivity index (χ1) is 6.07. The van der Waals surface area contributed by atoms with Crippen LogP contribution in [-0.4, -0.2) is 30.3 Å². The first-order valence-corrected chi connectivity index (χ1v) is 5.67. The molecule has 0 fully saturated rings. The Bertz CT molecular complexity index is 143. The van der Waals surface area contributed by atoms with Crippen LogP contribution in [0.15, 0.2) is 12.2 Å². The van der Waals surface area contributed by atoms with Crippen LogP contribution in [0.25, 0.3) is 0 Å². The van der Waals surface area contributed by atoms with Crippen molar-refractivity contribution in [2.75, 3.05) is 19.3 Å². The third-order valence-corrected chi connectivity index (χ3v) is 2.44. The van der Waals surface area contributed by atoms with Gasteiger partial charge in [-0.15, -0.1) is 0 Å². The van der Waals surface area contributed by atoms with Crippen LogP contribution < -0.4 is 0 Å². The first kappa shape index (κ1) is 13.1. The Kier molecular flexibility index (Phi) is 7.48. The Morgan fingerprint density at radius 2 is 1.85 bits per heavy atom. The van der Waals surface area contributed by atoms with Gasteiger partial charge in [0.1, 0.15) is 0 Å². The Morgan fingerprint density at radius 3 is 2.31 bits per heavy atom. The van der Waals surface area contributed by atoms with Crippen LogP contribution in [-0.2, 0) is 0 Å². The van der Waals surface area contributed by atoms with Gasteiger partial charge in [0, 0.05) is 18.3 Å². The van der Waals surface area contributed by atoms with E-state index in [2.05, 4.69) is 57.5 Å². The lowest BCUT2D eigenvalue weighted by molar-refractivity contribution is 0.250. The van der Waals surface area contributed by atoms with Crippen LogP contribution in [0.2, 0.25) is 0 Å². The van der Waals surface area contributed by atoms with Gasteiger partial charge in [0.15, 0.2) is 0 Å². The third-order valence-electron chi connectivity index (χ3n) is 2.23. The summed E-state index contributed by atoms with van der Waals surface area (Å²) >= 11 is 4.13. The number of nitrogens with zero attached hydrogens (tertiary/aromatic N) is 1. The molecular formula is C11H23NS. The van der Waals surface area contributed by atoms with E-state index in [1.165, 1.54) is 6.42 Å². The highest BCUT2D eigenvalue weighted by Gasteiger charge is 2.08. The van der Waals surface area contributed by atoms with E-state index in [0.29, 0.717) is 6.04 Å². The van der Waals surface area contributed by atoms with Crippen LogP contribution in [0.4, 0.5) is 0 Å². The molecule has 0 aromatic heterocycles. The fourth-order valence-electron chi connectivity index (χ4n) is 1.36. The maximum Gasteiger partial charge on any atom is 0.0163 e. The van der Waals surface area contributed by atoms with Crippen molar-refractivity contribution in [3.63, 3.8) is 0 Å². The second kappa shape index (κ2) is 7.45. The largest absolute Gasteiger partial charge is 0.300 e. The van der Waals surface area contributed by atoms with E-state index >= 15 is 0 Å². The van der Waals surface area contributed by atoms with Crippen molar-refractivity contribution in [3.8, 4) is 0 Å². The van der Waals surface area contributed by atoms with Gasteiger partial charge < -0.3 is 4.90 Å². The summed E-state index contributed by atoms with van der Waals surface area (Å²) in [6.07, 6.45) is 5.55. The highest BCUT2D eigenvalue weighted by atomic mass is 32.1. The monoisotopic (exact) mass is 201 g/mol. The summed E-state index contributed by atoms with van der Waals surface area (Å²) in [5, 5.41) is 0. The molecule has 0 rings (SSSR count). The first-order valence-electron chi connectivity index (χ1n) is 5.04. The summed E-state index contributed by atoms with van der Waals surface area (Å²) < 4.78 is 0. The molecule has 2 heteroatoms. The third kappa shape index (κ3) is 7.15. The lowest BCUT2D eigenvalue weighted by Gasteiger charge is -2.24. The molecule has 0 heterocycles. The molecule has 0 aromatic rings. The van der Waals surface area contributed by atoms with Gasteiger partial charge in [0.25, 0.3) is 0 Å². The van der Waals surface area contributed by atoms with Crippen LogP contribution in [0.3, 0.4) is 0 Å². The van der Waals surface area contributed by atoms with Crippen molar-refractivity contribution < 1.29 is 0 Å². The number of thiol groups is 1. The minimum Gasteiger partial charge on any atom is -0.300 e. The number of rotatable bonds is 6. The zero-order valence-electron chi connectivity index (χ0n) is 9.33. The molecule has 0 saturated heterocycles. The molecule has 0 aromatic carbocycles. The molecule has 78 valence electrons. The summed E-state index contributed by atoms with van der Waals surface area (Å²) in [7, 11) is 2.18. The van der Waals surface area contributed by atoms with Gasteiger partial charge in [-0.1, -0.05) is 26.0 Å². The van der Waals surface area contributed by atoms with Gasteiger partial charge in [0.2, 0.25) is 0 Å². The average Bonchev–Trinajstić information content (AvgIpc) is 2.03. The van der Waals surface area contributed by atoms with Crippen molar-refractivity contribution in [1.29, 1.82) is 0 Å². The van der Waals surface area contributed by atoms with Gasteiger partial charge in [-0.2, -0.15) is 12.6 Å². The smallest absolute Gasteiger partial charge is 0.0163 e. The predicted molar refractivity (Wildman–Crippen MR) is 64.5 cm³/mol. The minimum absolute atomic E-state index is 0.671. The lowest BCUT2D eigenvalue weighted by Crippen LogP contribution is -2.30. The molecule has 0 aliphatic heterocycles. The summed E-state index contributed by atoms with van der Waals surface area (Å²) in [6, 6.07) is 0.671. The van der Waals surface area contributed by atoms with Gasteiger partial charge in [-0.05, 0) is 26.3 Å². The highest BCUT2D eigenvalue weighted by Crippen LogP contribution is 2.08. The second-order valence-electron chi connectivity index (χ2n) is 4.07. The summed E-state index contributed by atoms with van der Waals surface area (Å²) in [6.45, 7) is 7.87. The summed E-state index contributed by atoms with van der Waals surface area (Å²) in [4.78, 5) is 2.37. The number of hydrogen-bond donors (Lipinski definition) is 1. The second-order valence-corrected chi connectivity index (χ2v) is 4.44. The van der Waals surface area contributed by atoms with Crippen molar-refractivity contribution in [3.05, 3.63) is 12.2 Å². The number of likely N-dealkylation sites (N-methyl/N-ethyl adjacent to an activating group) is 1. The van der Waals surface area contributed by atoms with Crippen molar-refractivity contribution in [2.45, 2.75) is 33.2 Å². The standard InChI is InChI=1S/C11H23NS/c1-10(2)9-11(3)12(4)7-5-6-8-13/h5-6,10-11,13H,7-9H2,1-4H3. The normalized spacial score (nSPS) is 14.7. The predicted octanol–water partition coefficient (Wildman–Crippen LogP) is 2.84. The Morgan fingerprint density at radius 1 is 1.23 bits per heavy atom. The molecule has 0 aliphatic carbocycles. The molecule has 0 bridgehead atoms. The minimum atomic E-state index is 0.671. The molecule has 1 nitrogen and oxygen atoms in total. The van der Waals surface area contributed by atoms with Gasteiger partial charge in [-0.25, -0.2) is 0 Å². The lowest BCUT2D eigenvalue weighted by atomic mass is 10.0. The molecule has 0 radical (unpaired) electrons.